The van der Waals surface area contributed by atoms with Gasteiger partial charge in [-0.25, -0.2) is 0 Å². The number of aromatic amines is 4. The first-order valence-electron chi connectivity index (χ1n) is 20.6. The molecule has 0 saturated carbocycles. The predicted octanol–water partition coefficient (Wildman–Crippen LogP) is 14.7. The van der Waals surface area contributed by atoms with E-state index in [0.29, 0.717) is 47.3 Å². The van der Waals surface area contributed by atoms with Gasteiger partial charge < -0.3 is 0 Å². The van der Waals surface area contributed by atoms with Gasteiger partial charge in [-0.3, -0.25) is 20.4 Å². The molecule has 4 heterocycles. The van der Waals surface area contributed by atoms with Gasteiger partial charge in [0, 0.05) is 22.8 Å². The summed E-state index contributed by atoms with van der Waals surface area (Å²) in [6, 6.07) is 0. The molecule has 0 amide bonds. The summed E-state index contributed by atoms with van der Waals surface area (Å²) >= 11 is 0. The fraction of sp³-hybridized carbons (Fsp3) is 0.727. The first-order valence-corrected chi connectivity index (χ1v) is 20.6. The number of rotatable bonds is 8. The Kier molecular flexibility index (Phi) is 34.7. The number of H-pyrrole nitrogens is 4. The lowest BCUT2D eigenvalue weighted by molar-refractivity contribution is 0.767. The van der Waals surface area contributed by atoms with Crippen LogP contribution < -0.4 is 0 Å². The molecule has 0 aliphatic heterocycles. The van der Waals surface area contributed by atoms with Gasteiger partial charge in [0.15, 0.2) is 0 Å². The lowest BCUT2D eigenvalue weighted by atomic mass is 9.98. The summed E-state index contributed by atoms with van der Waals surface area (Å²) in [6.07, 6.45) is 7.72. The van der Waals surface area contributed by atoms with Crippen molar-refractivity contribution >= 4 is 0 Å². The minimum Gasteiger partial charge on any atom is -0.282 e. The van der Waals surface area contributed by atoms with E-state index in [0.717, 1.165) is 0 Å². The minimum atomic E-state index is 0.551. The van der Waals surface area contributed by atoms with Crippen LogP contribution in [0.25, 0.3) is 0 Å². The summed E-state index contributed by atoms with van der Waals surface area (Å²) in [5.41, 5.74) is 10.5. The van der Waals surface area contributed by atoms with E-state index in [9.17, 15) is 0 Å². The Bertz CT molecular complexity index is 1010. The molecule has 304 valence electrons. The summed E-state index contributed by atoms with van der Waals surface area (Å²) in [7, 11) is 0. The Morgan fingerprint density at radius 2 is 0.404 bits per heavy atom. The van der Waals surface area contributed by atoms with Crippen LogP contribution in [0.15, 0.2) is 24.8 Å². The van der Waals surface area contributed by atoms with E-state index in [2.05, 4.69) is 152 Å². The first-order chi connectivity index (χ1) is 24.5. The molecule has 4 N–H and O–H groups in total. The average molecular weight is 729 g/mol. The fourth-order valence-corrected chi connectivity index (χ4v) is 4.91. The SMILES string of the molecule is CC.CC.CC.CC.CC(C)c1cn[nH]c1C(C)C.CC(C)c1cn[nH]c1C(C)C.CC(C)c1cn[nH]c1C(C)C.CC(C)c1cn[nH]c1C(C)C. The van der Waals surface area contributed by atoms with E-state index in [1.165, 1.54) is 45.0 Å². The molecule has 0 aliphatic rings. The van der Waals surface area contributed by atoms with Crippen LogP contribution in [0.5, 0.6) is 0 Å². The third-order valence-corrected chi connectivity index (χ3v) is 7.60. The molecule has 0 aliphatic carbocycles. The molecule has 4 rings (SSSR count). The van der Waals surface area contributed by atoms with Crippen molar-refractivity contribution < 1.29 is 0 Å². The molecule has 8 heteroatoms. The van der Waals surface area contributed by atoms with Gasteiger partial charge in [0.25, 0.3) is 0 Å². The van der Waals surface area contributed by atoms with Crippen molar-refractivity contribution in [2.45, 2.75) is 214 Å². The summed E-state index contributed by atoms with van der Waals surface area (Å²) in [6.45, 7) is 51.0. The molecule has 0 saturated heterocycles. The predicted molar refractivity (Wildman–Crippen MR) is 232 cm³/mol. The third kappa shape index (κ3) is 20.8. The fourth-order valence-electron chi connectivity index (χ4n) is 4.91. The van der Waals surface area contributed by atoms with Gasteiger partial charge in [0.1, 0.15) is 0 Å². The van der Waals surface area contributed by atoms with Gasteiger partial charge in [0.05, 0.1) is 24.8 Å². The van der Waals surface area contributed by atoms with Crippen LogP contribution in [0.3, 0.4) is 0 Å². The second kappa shape index (κ2) is 32.5. The average Bonchev–Trinajstić information content (AvgIpc) is 3.95. The van der Waals surface area contributed by atoms with Crippen LogP contribution >= 0.6 is 0 Å². The number of nitrogens with zero attached hydrogens (tertiary/aromatic N) is 4. The van der Waals surface area contributed by atoms with Crippen LogP contribution in [-0.2, 0) is 0 Å². The third-order valence-electron chi connectivity index (χ3n) is 7.60. The number of aromatic nitrogens is 8. The molecule has 0 aromatic carbocycles. The molecule has 0 fully saturated rings. The van der Waals surface area contributed by atoms with Gasteiger partial charge >= 0.3 is 0 Å². The molecule has 0 radical (unpaired) electrons. The molecule has 0 spiro atoms. The highest BCUT2D eigenvalue weighted by molar-refractivity contribution is 5.24. The Hall–Kier alpha value is -3.16. The Labute approximate surface area is 323 Å². The zero-order valence-corrected chi connectivity index (χ0v) is 38.7. The van der Waals surface area contributed by atoms with E-state index in [1.807, 2.05) is 80.2 Å². The molecule has 0 bridgehead atoms. The van der Waals surface area contributed by atoms with Crippen molar-refractivity contribution in [3.8, 4) is 0 Å². The minimum absolute atomic E-state index is 0.551. The van der Waals surface area contributed by atoms with Crippen molar-refractivity contribution in [1.82, 2.24) is 40.8 Å². The molecular formula is C44H88N8. The highest BCUT2D eigenvalue weighted by Crippen LogP contribution is 2.25. The van der Waals surface area contributed by atoms with Gasteiger partial charge in [-0.05, 0) is 69.6 Å². The molecule has 4 aromatic heterocycles. The maximum Gasteiger partial charge on any atom is 0.0524 e. The summed E-state index contributed by atoms with van der Waals surface area (Å²) in [5.74, 6) is 4.50. The van der Waals surface area contributed by atoms with Gasteiger partial charge in [-0.15, -0.1) is 0 Å². The van der Waals surface area contributed by atoms with Crippen LogP contribution in [-0.4, -0.2) is 40.8 Å². The Balaban J connectivity index is -0.000000277. The second-order valence-corrected chi connectivity index (χ2v) is 14.2. The molecule has 0 unspecified atom stereocenters. The topological polar surface area (TPSA) is 115 Å². The standard InChI is InChI=1S/4C9H16N2.4C2H6/c4*1-6(2)8-5-10-11-9(8)7(3)4;4*1-2/h4*5-7H,1-4H3,(H,10,11);4*1-2H3. The lowest BCUT2D eigenvalue weighted by Crippen LogP contribution is -1.95. The van der Waals surface area contributed by atoms with Gasteiger partial charge in [-0.1, -0.05) is 166 Å². The molecule has 4 aromatic rings. The maximum atomic E-state index is 4.04. The zero-order chi connectivity index (χ0) is 41.7. The van der Waals surface area contributed by atoms with Crippen molar-refractivity contribution in [3.63, 3.8) is 0 Å². The van der Waals surface area contributed by atoms with E-state index >= 15 is 0 Å². The first kappa shape index (κ1) is 55.6. The van der Waals surface area contributed by atoms with Crippen molar-refractivity contribution in [2.24, 2.45) is 0 Å². The molecule has 8 nitrogen and oxygen atoms in total. The van der Waals surface area contributed by atoms with Crippen LogP contribution in [0.2, 0.25) is 0 Å². The Morgan fingerprint density at radius 1 is 0.269 bits per heavy atom. The summed E-state index contributed by atoms with van der Waals surface area (Å²) in [5, 5.41) is 28.3. The Morgan fingerprint density at radius 3 is 0.481 bits per heavy atom. The van der Waals surface area contributed by atoms with E-state index in [4.69, 9.17) is 0 Å². The molecule has 52 heavy (non-hydrogen) atoms. The summed E-state index contributed by atoms with van der Waals surface area (Å²) in [4.78, 5) is 0. The number of hydrogen-bond acceptors (Lipinski definition) is 4. The maximum absolute atomic E-state index is 4.04. The monoisotopic (exact) mass is 729 g/mol. The van der Waals surface area contributed by atoms with E-state index in [1.54, 1.807) is 0 Å². The normalized spacial score (nSPS) is 10.2. The lowest BCUT2D eigenvalue weighted by Gasteiger charge is -2.07. The van der Waals surface area contributed by atoms with Crippen LogP contribution in [0, 0.1) is 0 Å². The summed E-state index contributed by atoms with van der Waals surface area (Å²) < 4.78 is 0. The van der Waals surface area contributed by atoms with Gasteiger partial charge in [-0.2, -0.15) is 20.4 Å². The van der Waals surface area contributed by atoms with E-state index < -0.39 is 0 Å². The largest absolute Gasteiger partial charge is 0.282 e. The van der Waals surface area contributed by atoms with Crippen LogP contribution in [0.4, 0.5) is 0 Å². The zero-order valence-electron chi connectivity index (χ0n) is 38.7. The molecule has 0 atom stereocenters. The highest BCUT2D eigenvalue weighted by Gasteiger charge is 2.13. The number of nitrogens with one attached hydrogen (secondary N) is 4. The van der Waals surface area contributed by atoms with Crippen molar-refractivity contribution in [3.05, 3.63) is 69.8 Å². The molecular weight excluding hydrogens is 641 g/mol. The van der Waals surface area contributed by atoms with Crippen molar-refractivity contribution in [2.75, 3.05) is 0 Å². The van der Waals surface area contributed by atoms with Gasteiger partial charge in [0.2, 0.25) is 0 Å². The number of hydrogen-bond donors (Lipinski definition) is 4. The van der Waals surface area contributed by atoms with E-state index in [-0.39, 0.29) is 0 Å². The van der Waals surface area contributed by atoms with Crippen LogP contribution in [0.1, 0.15) is 259 Å². The van der Waals surface area contributed by atoms with Crippen molar-refractivity contribution in [1.29, 1.82) is 0 Å². The highest BCUT2D eigenvalue weighted by atomic mass is 15.1. The smallest absolute Gasteiger partial charge is 0.0524 e. The quantitative estimate of drug-likeness (QED) is 0.145. The second-order valence-electron chi connectivity index (χ2n) is 14.2.